The lowest BCUT2D eigenvalue weighted by atomic mass is 10.0. The number of rotatable bonds is 8. The van der Waals surface area contributed by atoms with Crippen LogP contribution in [0.2, 0.25) is 0 Å². The van der Waals surface area contributed by atoms with Gasteiger partial charge in [-0.15, -0.1) is 6.42 Å². The minimum Gasteiger partial charge on any atom is -0.493 e. The number of nitrogens with one attached hydrogen (secondary N) is 1. The molecule has 0 aliphatic rings. The molecule has 0 fully saturated rings. The van der Waals surface area contributed by atoms with Crippen LogP contribution in [-0.2, 0) is 6.54 Å². The van der Waals surface area contributed by atoms with Crippen LogP contribution < -0.4 is 19.6 Å². The predicted octanol–water partition coefficient (Wildman–Crippen LogP) is 3.99. The molecular weight excluding hydrogens is 352 g/mol. The molecule has 0 aliphatic carbocycles. The second-order valence-electron chi connectivity index (χ2n) is 5.97. The van der Waals surface area contributed by atoms with Crippen molar-refractivity contribution in [2.24, 2.45) is 5.10 Å². The Morgan fingerprint density at radius 2 is 1.79 bits per heavy atom. The van der Waals surface area contributed by atoms with Crippen LogP contribution in [-0.4, -0.2) is 27.0 Å². The minimum atomic E-state index is 0.207. The first-order valence-electron chi connectivity index (χ1n) is 8.81. The number of nitrogens with zero attached hydrogens (tertiary/aromatic N) is 1. The maximum absolute atomic E-state index is 5.68. The van der Waals surface area contributed by atoms with Crippen molar-refractivity contribution in [2.75, 3.05) is 20.8 Å². The average Bonchev–Trinajstić information content (AvgIpc) is 2.75. The van der Waals surface area contributed by atoms with Crippen LogP contribution in [0.25, 0.3) is 10.8 Å². The van der Waals surface area contributed by atoms with Gasteiger partial charge in [0.15, 0.2) is 11.5 Å². The molecule has 0 bridgehead atoms. The minimum absolute atomic E-state index is 0.207. The van der Waals surface area contributed by atoms with Crippen molar-refractivity contribution < 1.29 is 14.2 Å². The van der Waals surface area contributed by atoms with Crippen molar-refractivity contribution in [3.05, 3.63) is 65.7 Å². The molecule has 0 heterocycles. The van der Waals surface area contributed by atoms with Crippen molar-refractivity contribution >= 4 is 17.0 Å². The third-order valence-corrected chi connectivity index (χ3v) is 4.26. The highest BCUT2D eigenvalue weighted by atomic mass is 16.5. The van der Waals surface area contributed by atoms with Gasteiger partial charge in [-0.1, -0.05) is 42.3 Å². The van der Waals surface area contributed by atoms with E-state index in [-0.39, 0.29) is 6.61 Å². The molecule has 142 valence electrons. The Morgan fingerprint density at radius 3 is 2.57 bits per heavy atom. The van der Waals surface area contributed by atoms with E-state index in [0.29, 0.717) is 23.8 Å². The lowest BCUT2D eigenvalue weighted by molar-refractivity contribution is 0.354. The van der Waals surface area contributed by atoms with Gasteiger partial charge < -0.3 is 19.6 Å². The largest absolute Gasteiger partial charge is 0.493 e. The van der Waals surface area contributed by atoms with E-state index in [4.69, 9.17) is 20.6 Å². The van der Waals surface area contributed by atoms with Crippen LogP contribution in [0, 0.1) is 12.3 Å². The number of fused-ring (bicyclic) bond motifs is 1. The molecule has 3 aromatic carbocycles. The molecule has 3 aromatic rings. The molecule has 0 radical (unpaired) electrons. The van der Waals surface area contributed by atoms with Gasteiger partial charge in [0.2, 0.25) is 0 Å². The number of ether oxygens (including phenoxy) is 3. The van der Waals surface area contributed by atoms with Gasteiger partial charge in [-0.05, 0) is 34.5 Å². The molecule has 28 heavy (non-hydrogen) atoms. The highest BCUT2D eigenvalue weighted by molar-refractivity contribution is 6.02. The summed E-state index contributed by atoms with van der Waals surface area (Å²) in [5.74, 6) is 4.58. The Balaban J connectivity index is 1.78. The standard InChI is InChI=1S/C23H22N2O3/c1-4-13-28-21-12-10-18-7-5-6-8-19(18)20(21)16-25-24-15-17-9-11-22(26-2)23(14-17)27-3/h1,5-12,14,16,24H,13,15H2,2-3H3/b25-16-. The summed E-state index contributed by atoms with van der Waals surface area (Å²) in [7, 11) is 3.23. The van der Waals surface area contributed by atoms with E-state index in [1.165, 1.54) is 0 Å². The Kier molecular flexibility index (Phi) is 6.37. The van der Waals surface area contributed by atoms with Gasteiger partial charge in [0.25, 0.3) is 0 Å². The molecule has 5 heteroatoms. The number of benzene rings is 3. The van der Waals surface area contributed by atoms with Crippen LogP contribution >= 0.6 is 0 Å². The number of hydrogen-bond acceptors (Lipinski definition) is 5. The van der Waals surface area contributed by atoms with Gasteiger partial charge >= 0.3 is 0 Å². The third-order valence-electron chi connectivity index (χ3n) is 4.26. The zero-order valence-corrected chi connectivity index (χ0v) is 15.9. The van der Waals surface area contributed by atoms with Gasteiger partial charge in [0.05, 0.1) is 27.0 Å². The molecule has 5 nitrogen and oxygen atoms in total. The SMILES string of the molecule is C#CCOc1ccc2ccccc2c1/C=N\NCc1ccc(OC)c(OC)c1. The van der Waals surface area contributed by atoms with E-state index in [1.807, 2.05) is 48.5 Å². The zero-order valence-electron chi connectivity index (χ0n) is 15.9. The molecule has 0 aromatic heterocycles. The topological polar surface area (TPSA) is 52.1 Å². The summed E-state index contributed by atoms with van der Waals surface area (Å²) in [6.45, 7) is 0.750. The quantitative estimate of drug-likeness (QED) is 0.368. The zero-order chi connectivity index (χ0) is 19.8. The fourth-order valence-electron chi connectivity index (χ4n) is 2.89. The van der Waals surface area contributed by atoms with Gasteiger partial charge in [0, 0.05) is 5.56 Å². The van der Waals surface area contributed by atoms with Crippen molar-refractivity contribution in [1.29, 1.82) is 0 Å². The molecule has 3 rings (SSSR count). The highest BCUT2D eigenvalue weighted by Crippen LogP contribution is 2.28. The Morgan fingerprint density at radius 1 is 1.00 bits per heavy atom. The number of hydrogen-bond donors (Lipinski definition) is 1. The van der Waals surface area contributed by atoms with E-state index in [2.05, 4.69) is 22.5 Å². The van der Waals surface area contributed by atoms with E-state index in [0.717, 1.165) is 21.9 Å². The second kappa shape index (κ2) is 9.33. The van der Waals surface area contributed by atoms with E-state index in [9.17, 15) is 0 Å². The first-order valence-corrected chi connectivity index (χ1v) is 8.81. The Labute approximate surface area is 164 Å². The van der Waals surface area contributed by atoms with Crippen molar-refractivity contribution in [3.63, 3.8) is 0 Å². The molecule has 0 atom stereocenters. The molecular formula is C23H22N2O3. The van der Waals surface area contributed by atoms with Crippen molar-refractivity contribution in [3.8, 4) is 29.6 Å². The summed E-state index contributed by atoms with van der Waals surface area (Å²) in [4.78, 5) is 0. The third kappa shape index (κ3) is 4.36. The lowest BCUT2D eigenvalue weighted by Crippen LogP contribution is -2.07. The average molecular weight is 374 g/mol. The van der Waals surface area contributed by atoms with Gasteiger partial charge in [-0.25, -0.2) is 0 Å². The molecule has 0 amide bonds. The number of methoxy groups -OCH3 is 2. The van der Waals surface area contributed by atoms with Crippen molar-refractivity contribution in [2.45, 2.75) is 6.54 Å². The van der Waals surface area contributed by atoms with Crippen LogP contribution in [0.4, 0.5) is 0 Å². The maximum Gasteiger partial charge on any atom is 0.161 e. The van der Waals surface area contributed by atoms with E-state index < -0.39 is 0 Å². The predicted molar refractivity (Wildman–Crippen MR) is 112 cm³/mol. The van der Waals surface area contributed by atoms with Crippen molar-refractivity contribution in [1.82, 2.24) is 5.43 Å². The van der Waals surface area contributed by atoms with Crippen LogP contribution in [0.5, 0.6) is 17.2 Å². The summed E-state index contributed by atoms with van der Waals surface area (Å²) in [6, 6.07) is 17.7. The lowest BCUT2D eigenvalue weighted by Gasteiger charge is -2.10. The molecule has 0 saturated heterocycles. The highest BCUT2D eigenvalue weighted by Gasteiger charge is 2.07. The Hall–Kier alpha value is -3.65. The molecule has 1 N–H and O–H groups in total. The monoisotopic (exact) mass is 374 g/mol. The molecule has 0 saturated carbocycles. The first kappa shape index (κ1) is 19.1. The van der Waals surface area contributed by atoms with Gasteiger partial charge in [0.1, 0.15) is 12.4 Å². The summed E-state index contributed by atoms with van der Waals surface area (Å²) in [5.41, 5.74) is 4.97. The molecule has 0 aliphatic heterocycles. The summed E-state index contributed by atoms with van der Waals surface area (Å²) in [5, 5.41) is 6.53. The summed E-state index contributed by atoms with van der Waals surface area (Å²) in [6.07, 6.45) is 7.09. The smallest absolute Gasteiger partial charge is 0.161 e. The normalized spacial score (nSPS) is 10.6. The Bertz CT molecular complexity index is 1020. The van der Waals surface area contributed by atoms with Gasteiger partial charge in [-0.2, -0.15) is 5.10 Å². The van der Waals surface area contributed by atoms with E-state index in [1.54, 1.807) is 20.4 Å². The van der Waals surface area contributed by atoms with Gasteiger partial charge in [-0.3, -0.25) is 0 Å². The van der Waals surface area contributed by atoms with Crippen LogP contribution in [0.3, 0.4) is 0 Å². The van der Waals surface area contributed by atoms with Crippen LogP contribution in [0.1, 0.15) is 11.1 Å². The maximum atomic E-state index is 5.68. The summed E-state index contributed by atoms with van der Waals surface area (Å²) < 4.78 is 16.3. The second-order valence-corrected chi connectivity index (χ2v) is 5.97. The number of terminal acetylenes is 1. The molecule has 0 unspecified atom stereocenters. The fraction of sp³-hybridized carbons (Fsp3) is 0.174. The van der Waals surface area contributed by atoms with E-state index >= 15 is 0 Å². The fourth-order valence-corrected chi connectivity index (χ4v) is 2.89. The summed E-state index contributed by atoms with van der Waals surface area (Å²) >= 11 is 0. The molecule has 0 spiro atoms. The first-order chi connectivity index (χ1) is 13.8. The number of hydrazone groups is 1. The van der Waals surface area contributed by atoms with Crippen LogP contribution in [0.15, 0.2) is 59.7 Å².